The predicted molar refractivity (Wildman–Crippen MR) is 76.4 cm³/mol. The van der Waals surface area contributed by atoms with Gasteiger partial charge in [-0.15, -0.1) is 0 Å². The summed E-state index contributed by atoms with van der Waals surface area (Å²) in [5.41, 5.74) is -0.451. The van der Waals surface area contributed by atoms with Crippen molar-refractivity contribution in [3.63, 3.8) is 0 Å². The van der Waals surface area contributed by atoms with E-state index in [4.69, 9.17) is 4.52 Å². The van der Waals surface area contributed by atoms with E-state index in [0.29, 0.717) is 29.9 Å². The topological polar surface area (TPSA) is 114 Å². The minimum atomic E-state index is -0.514. The normalized spacial score (nSPS) is 15.5. The van der Waals surface area contributed by atoms with Gasteiger partial charge in [0.05, 0.1) is 0 Å². The smallest absolute Gasteiger partial charge is 0.263 e. The molecular formula is C14H17N5O3. The Kier molecular flexibility index (Phi) is 3.74. The van der Waals surface area contributed by atoms with Crippen LogP contribution in [0, 0.1) is 0 Å². The van der Waals surface area contributed by atoms with E-state index in [0.717, 1.165) is 12.8 Å². The second kappa shape index (κ2) is 5.70. The summed E-state index contributed by atoms with van der Waals surface area (Å²) >= 11 is 0. The number of rotatable bonds is 5. The molecule has 2 aromatic heterocycles. The fourth-order valence-corrected chi connectivity index (χ4v) is 2.06. The number of carbonyl (C=O) groups excluding carboxylic acids is 1. The quantitative estimate of drug-likeness (QED) is 0.854. The van der Waals surface area contributed by atoms with Crippen LogP contribution < -0.4 is 10.9 Å². The monoisotopic (exact) mass is 303 g/mol. The van der Waals surface area contributed by atoms with Gasteiger partial charge in [0, 0.05) is 18.5 Å². The summed E-state index contributed by atoms with van der Waals surface area (Å²) in [6.45, 7) is 3.62. The Hall–Kier alpha value is -2.51. The molecule has 1 saturated carbocycles. The predicted octanol–water partition coefficient (Wildman–Crippen LogP) is 1.08. The maximum atomic E-state index is 12.2. The Morgan fingerprint density at radius 1 is 1.55 bits per heavy atom. The zero-order valence-electron chi connectivity index (χ0n) is 12.4. The minimum absolute atomic E-state index is 0.0218. The van der Waals surface area contributed by atoms with E-state index in [1.165, 1.54) is 6.20 Å². The highest BCUT2D eigenvalue weighted by Crippen LogP contribution is 2.37. The Morgan fingerprint density at radius 2 is 2.32 bits per heavy atom. The van der Waals surface area contributed by atoms with Crippen molar-refractivity contribution < 1.29 is 9.32 Å². The van der Waals surface area contributed by atoms with Crippen molar-refractivity contribution in [1.82, 2.24) is 25.4 Å². The van der Waals surface area contributed by atoms with Crippen LogP contribution >= 0.6 is 0 Å². The van der Waals surface area contributed by atoms with E-state index in [1.54, 1.807) is 6.92 Å². The van der Waals surface area contributed by atoms with Gasteiger partial charge in [0.25, 0.3) is 11.5 Å². The summed E-state index contributed by atoms with van der Waals surface area (Å²) in [6, 6.07) is -0.484. The van der Waals surface area contributed by atoms with E-state index in [2.05, 4.69) is 25.4 Å². The molecule has 0 bridgehead atoms. The fraction of sp³-hybridized carbons (Fsp3) is 0.500. The van der Waals surface area contributed by atoms with Crippen molar-refractivity contribution in [3.05, 3.63) is 39.7 Å². The molecular weight excluding hydrogens is 286 g/mol. The molecule has 0 aromatic carbocycles. The van der Waals surface area contributed by atoms with Crippen molar-refractivity contribution in [2.24, 2.45) is 0 Å². The fourth-order valence-electron chi connectivity index (χ4n) is 2.06. The number of H-pyrrole nitrogens is 1. The van der Waals surface area contributed by atoms with E-state index in [9.17, 15) is 9.59 Å². The summed E-state index contributed by atoms with van der Waals surface area (Å²) < 4.78 is 5.07. The summed E-state index contributed by atoms with van der Waals surface area (Å²) in [5.74, 6) is 1.35. The standard InChI is InChI=1S/C14H17N5O3/c1-3-10-17-14(22-19-10)7(2)16-12(20)9-6-15-11(8-4-5-8)18-13(9)21/h6-8H,3-5H2,1-2H3,(H,16,20)(H,15,18,21)/t7-/m0/s1. The number of aromatic nitrogens is 4. The molecule has 0 unspecified atom stereocenters. The third-order valence-electron chi connectivity index (χ3n) is 3.55. The molecule has 0 aliphatic heterocycles. The first kappa shape index (κ1) is 14.4. The molecule has 0 spiro atoms. The van der Waals surface area contributed by atoms with Gasteiger partial charge in [0.15, 0.2) is 5.82 Å². The van der Waals surface area contributed by atoms with Crippen LogP contribution in [0.5, 0.6) is 0 Å². The number of hydrogen-bond acceptors (Lipinski definition) is 6. The van der Waals surface area contributed by atoms with Gasteiger partial charge in [-0.25, -0.2) is 4.98 Å². The average molecular weight is 303 g/mol. The van der Waals surface area contributed by atoms with Crippen molar-refractivity contribution in [1.29, 1.82) is 0 Å². The molecule has 1 aliphatic carbocycles. The van der Waals surface area contributed by atoms with E-state index in [1.807, 2.05) is 6.92 Å². The number of aromatic amines is 1. The maximum Gasteiger partial charge on any atom is 0.263 e. The van der Waals surface area contributed by atoms with Crippen molar-refractivity contribution in [2.75, 3.05) is 0 Å². The minimum Gasteiger partial charge on any atom is -0.340 e. The van der Waals surface area contributed by atoms with Crippen LogP contribution in [0.1, 0.15) is 66.5 Å². The van der Waals surface area contributed by atoms with Gasteiger partial charge in [0.2, 0.25) is 5.89 Å². The summed E-state index contributed by atoms with van der Waals surface area (Å²) in [7, 11) is 0. The first-order chi connectivity index (χ1) is 10.6. The molecule has 0 radical (unpaired) electrons. The first-order valence-corrected chi connectivity index (χ1v) is 7.31. The van der Waals surface area contributed by atoms with E-state index < -0.39 is 17.5 Å². The van der Waals surface area contributed by atoms with Crippen LogP contribution in [-0.4, -0.2) is 26.0 Å². The molecule has 2 N–H and O–H groups in total. The molecule has 3 rings (SSSR count). The Morgan fingerprint density at radius 3 is 2.91 bits per heavy atom. The van der Waals surface area contributed by atoms with Gasteiger partial charge in [-0.3, -0.25) is 9.59 Å². The lowest BCUT2D eigenvalue weighted by molar-refractivity contribution is 0.0930. The van der Waals surface area contributed by atoms with Gasteiger partial charge in [-0.1, -0.05) is 12.1 Å². The number of nitrogens with one attached hydrogen (secondary N) is 2. The van der Waals surface area contributed by atoms with Gasteiger partial charge in [-0.2, -0.15) is 4.98 Å². The van der Waals surface area contributed by atoms with Gasteiger partial charge >= 0.3 is 0 Å². The molecule has 2 aromatic rings. The zero-order chi connectivity index (χ0) is 15.7. The van der Waals surface area contributed by atoms with Gasteiger partial charge in [0.1, 0.15) is 17.4 Å². The molecule has 0 saturated heterocycles. The lowest BCUT2D eigenvalue weighted by Gasteiger charge is -2.09. The van der Waals surface area contributed by atoms with Crippen LogP contribution in [0.25, 0.3) is 0 Å². The highest BCUT2D eigenvalue weighted by atomic mass is 16.5. The summed E-state index contributed by atoms with van der Waals surface area (Å²) in [4.78, 5) is 35.1. The second-order valence-corrected chi connectivity index (χ2v) is 5.38. The zero-order valence-corrected chi connectivity index (χ0v) is 12.4. The lowest BCUT2D eigenvalue weighted by atomic mass is 10.2. The third kappa shape index (κ3) is 2.90. The SMILES string of the molecule is CCc1noc([C@H](C)NC(=O)c2cnc(C3CC3)[nH]c2=O)n1. The molecule has 1 atom stereocenters. The number of amides is 1. The van der Waals surface area contributed by atoms with Crippen LogP contribution in [0.3, 0.4) is 0 Å². The molecule has 1 amide bonds. The Bertz CT molecular complexity index is 747. The van der Waals surface area contributed by atoms with Crippen molar-refractivity contribution >= 4 is 5.91 Å². The van der Waals surface area contributed by atoms with Crippen LogP contribution in [0.15, 0.2) is 15.5 Å². The Balaban J connectivity index is 1.72. The van der Waals surface area contributed by atoms with Crippen LogP contribution in [0.4, 0.5) is 0 Å². The largest absolute Gasteiger partial charge is 0.340 e. The van der Waals surface area contributed by atoms with E-state index >= 15 is 0 Å². The summed E-state index contributed by atoms with van der Waals surface area (Å²) in [5, 5.41) is 6.43. The van der Waals surface area contributed by atoms with Crippen molar-refractivity contribution in [3.8, 4) is 0 Å². The molecule has 1 fully saturated rings. The molecule has 22 heavy (non-hydrogen) atoms. The molecule has 116 valence electrons. The number of aryl methyl sites for hydroxylation is 1. The maximum absolute atomic E-state index is 12.2. The molecule has 2 heterocycles. The van der Waals surface area contributed by atoms with Crippen LogP contribution in [-0.2, 0) is 6.42 Å². The van der Waals surface area contributed by atoms with Crippen LogP contribution in [0.2, 0.25) is 0 Å². The molecule has 1 aliphatic rings. The third-order valence-corrected chi connectivity index (χ3v) is 3.55. The first-order valence-electron chi connectivity index (χ1n) is 7.31. The lowest BCUT2D eigenvalue weighted by Crippen LogP contribution is -2.32. The number of nitrogens with zero attached hydrogens (tertiary/aromatic N) is 3. The summed E-state index contributed by atoms with van der Waals surface area (Å²) in [6.07, 6.45) is 4.03. The highest BCUT2D eigenvalue weighted by molar-refractivity contribution is 5.93. The van der Waals surface area contributed by atoms with Gasteiger partial charge in [-0.05, 0) is 19.8 Å². The molecule has 8 heteroatoms. The number of hydrogen-bond donors (Lipinski definition) is 2. The molecule has 8 nitrogen and oxygen atoms in total. The van der Waals surface area contributed by atoms with E-state index in [-0.39, 0.29) is 5.56 Å². The van der Waals surface area contributed by atoms with Gasteiger partial charge < -0.3 is 14.8 Å². The van der Waals surface area contributed by atoms with Crippen molar-refractivity contribution in [2.45, 2.75) is 45.1 Å². The average Bonchev–Trinajstić information content (AvgIpc) is 3.24. The number of carbonyl (C=O) groups is 1. The highest BCUT2D eigenvalue weighted by Gasteiger charge is 2.27. The Labute approximate surface area is 126 Å². The second-order valence-electron chi connectivity index (χ2n) is 5.38.